The maximum Gasteiger partial charge on any atom is 0.324 e. The number of nitrogens with zero attached hydrogens (tertiary/aromatic N) is 8. The van der Waals surface area contributed by atoms with E-state index in [-0.39, 0.29) is 16.9 Å². The number of aldehydes is 1. The summed E-state index contributed by atoms with van der Waals surface area (Å²) < 4.78 is 60.5. The molecular formula is C105H123Br3N14O12. The monoisotopic (exact) mass is 2010 g/mol. The number of aryl methyl sites for hydroxylation is 3. The summed E-state index contributed by atoms with van der Waals surface area (Å²) in [5, 5.41) is 25.1. The van der Waals surface area contributed by atoms with Gasteiger partial charge < -0.3 is 73.6 Å². The number of halogens is 3. The van der Waals surface area contributed by atoms with Crippen LogP contribution in [0.3, 0.4) is 0 Å². The molecule has 5 fully saturated rings. The summed E-state index contributed by atoms with van der Waals surface area (Å²) in [6.45, 7) is 40.3. The summed E-state index contributed by atoms with van der Waals surface area (Å²) in [6.07, 6.45) is 0.657. The molecule has 7 aromatic heterocycles. The van der Waals surface area contributed by atoms with Crippen molar-refractivity contribution in [1.29, 1.82) is 0 Å². The van der Waals surface area contributed by atoms with Crippen LogP contribution in [0.15, 0.2) is 266 Å². The molecule has 0 aliphatic carbocycles. The molecule has 0 atom stereocenters. The summed E-state index contributed by atoms with van der Waals surface area (Å²) in [6, 6.07) is 75.3. The van der Waals surface area contributed by atoms with Gasteiger partial charge >= 0.3 is 6.03 Å². The predicted molar refractivity (Wildman–Crippen MR) is 545 cm³/mol. The third-order valence-corrected chi connectivity index (χ3v) is 24.1. The van der Waals surface area contributed by atoms with Crippen LogP contribution in [-0.2, 0) is 60.7 Å². The Labute approximate surface area is 809 Å². The van der Waals surface area contributed by atoms with Gasteiger partial charge in [0.15, 0.2) is 21.4 Å². The molecule has 5 saturated heterocycles. The number of morpholine rings is 5. The number of hydrogen-bond donors (Lipinski definition) is 6. The molecule has 5 aliphatic heterocycles. The number of anilines is 5. The minimum Gasteiger partial charge on any atom is -0.465 e. The molecule has 15 aromatic rings. The van der Waals surface area contributed by atoms with Gasteiger partial charge in [-0.1, -0.05) is 166 Å². The summed E-state index contributed by atoms with van der Waals surface area (Å²) >= 11 is 9.81. The Balaban J connectivity index is 0.000000141. The number of carbonyl (C=O) groups excluding carboxylic acids is 2. The minimum absolute atomic E-state index is 0.0179. The molecular weight excluding hydrogens is 1890 g/mol. The second kappa shape index (κ2) is 49.3. The SMILES string of the molecule is Brc1ccc(CN2CCOCC2)o1.C1COCCN1.Cc1ccc(-n2nc(C(C)(C)C)cc2N)cc1.Cc1ccc(-n2nc(C(C)(C)C)cc2NC(=O)Nc2ccc(-c3ccc(CN4CCOCC4)o3)c3ccccc23)cc1.Cc1ccc(CN2CCOCC2)o1.Nc1ccc(-c2ccc(CN3CCOCC3)o2)c2ccccc12.Nc1ccc(Br)c2ccccc12.O=Cc1ccc(Br)o1. The zero-order chi connectivity index (χ0) is 94.5. The van der Waals surface area contributed by atoms with Crippen LogP contribution < -0.4 is 33.2 Å². The highest BCUT2D eigenvalue weighted by Gasteiger charge is 2.25. The fourth-order valence-electron chi connectivity index (χ4n) is 15.1. The number of furan rings is 5. The molecule has 20 rings (SSSR count). The van der Waals surface area contributed by atoms with Gasteiger partial charge in [-0.3, -0.25) is 29.7 Å². The summed E-state index contributed by atoms with van der Waals surface area (Å²) in [5.74, 6) is 8.30. The first-order chi connectivity index (χ1) is 64.7. The van der Waals surface area contributed by atoms with Crippen molar-refractivity contribution in [1.82, 2.24) is 44.5 Å². The van der Waals surface area contributed by atoms with Crippen molar-refractivity contribution in [2.45, 2.75) is 99.3 Å². The van der Waals surface area contributed by atoms with E-state index in [1.165, 1.54) is 5.56 Å². The highest BCUT2D eigenvalue weighted by molar-refractivity contribution is 9.11. The van der Waals surface area contributed by atoms with E-state index in [0.29, 0.717) is 34.0 Å². The van der Waals surface area contributed by atoms with Crippen molar-refractivity contribution in [3.63, 3.8) is 0 Å². The van der Waals surface area contributed by atoms with E-state index in [1.54, 1.807) is 21.5 Å². The Morgan fingerprint density at radius 2 is 0.799 bits per heavy atom. The number of nitrogens with one attached hydrogen (secondary N) is 3. The molecule has 0 spiro atoms. The van der Waals surface area contributed by atoms with Gasteiger partial charge in [-0.05, 0) is 190 Å². The molecule has 0 saturated carbocycles. The van der Waals surface area contributed by atoms with Crippen LogP contribution in [0, 0.1) is 20.8 Å². The van der Waals surface area contributed by atoms with Gasteiger partial charge in [-0.15, -0.1) is 0 Å². The largest absolute Gasteiger partial charge is 0.465 e. The van der Waals surface area contributed by atoms with Crippen molar-refractivity contribution < 1.29 is 55.4 Å². The Bertz CT molecular complexity index is 6090. The van der Waals surface area contributed by atoms with Gasteiger partial charge in [-0.25, -0.2) is 14.2 Å². The van der Waals surface area contributed by atoms with Gasteiger partial charge in [-0.2, -0.15) is 10.2 Å². The standard InChI is InChI=1S/C34H37N5O3.C19H20N2O2.C14H19N3.C10H8BrN.C10H15NO2.C9H12BrNO2.C5H3BrO2.C4H9NO/c1-23-9-11-24(12-10-23)39-32(21-31(37-39)34(2,3)4)36-33(40)35-29-15-14-28(26-7-5-6-8-27(26)29)30-16-13-25(42-30)22-38-17-19-41-20-18-38;20-18-7-6-17(15-3-1-2-4-16(15)18)19-8-5-14(23-19)13-21-9-11-22-12-10-21;1-10-5-7-11(8-6-10)17-13(15)9-12(16-17)14(2,3)4;11-9-5-6-10(12)8-4-2-1-3-7(8)9;1-9-2-3-10(13-9)8-11-4-6-12-7-5-11;10-9-2-1-8(13-9)7-11-3-5-12-6-4-11;6-5-2-1-4(3-7)8-5;1-3-6-4-2-5-1/h5-16,21H,17-20,22H2,1-4H3,(H2,35,36,40);1-8H,9-13,20H2;5-9H,15H2,1-4H3;1-6H,12H2;2-3H,4-8H2,1H3;1-2H,3-7H2;1-3H;5H,1-4H2. The molecule has 0 unspecified atom stereocenters. The number of carbonyl (C=O) groups is 2. The first-order valence-corrected chi connectivity index (χ1v) is 47.7. The predicted octanol–water partition coefficient (Wildman–Crippen LogP) is 21.9. The first-order valence-electron chi connectivity index (χ1n) is 45.3. The zero-order valence-corrected chi connectivity index (χ0v) is 82.6. The average molecular weight is 2010 g/mol. The smallest absolute Gasteiger partial charge is 0.324 e. The normalized spacial score (nSPS) is 15.0. The van der Waals surface area contributed by atoms with E-state index in [9.17, 15) is 9.59 Å². The molecule has 8 aromatic carbocycles. The minimum atomic E-state index is -0.340. The number of nitrogens with two attached hydrogens (primary N) is 3. The Hall–Kier alpha value is -11.3. The summed E-state index contributed by atoms with van der Waals surface area (Å²) in [4.78, 5) is 32.6. The van der Waals surface area contributed by atoms with E-state index >= 15 is 0 Å². The lowest BCUT2D eigenvalue weighted by atomic mass is 9.92. The maximum absolute atomic E-state index is 13.4. The first kappa shape index (κ1) is 100. The number of urea groups is 1. The molecule has 706 valence electrons. The third-order valence-electron chi connectivity index (χ3n) is 22.6. The highest BCUT2D eigenvalue weighted by Crippen LogP contribution is 2.38. The maximum atomic E-state index is 13.4. The molecule has 2 amide bonds. The summed E-state index contributed by atoms with van der Waals surface area (Å²) in [7, 11) is 0. The number of fused-ring (bicyclic) bond motifs is 3. The van der Waals surface area contributed by atoms with E-state index < -0.39 is 0 Å². The Morgan fingerprint density at radius 1 is 0.403 bits per heavy atom. The van der Waals surface area contributed by atoms with Gasteiger partial charge in [0.1, 0.15) is 52.0 Å². The van der Waals surface area contributed by atoms with Crippen molar-refractivity contribution in [3.05, 3.63) is 301 Å². The third kappa shape index (κ3) is 29.6. The van der Waals surface area contributed by atoms with Crippen molar-refractivity contribution >= 4 is 121 Å². The number of rotatable bonds is 15. The number of aromatic nitrogens is 4. The fourth-order valence-corrected chi connectivity index (χ4v) is 16.3. The second-order valence-electron chi connectivity index (χ2n) is 35.0. The van der Waals surface area contributed by atoms with Crippen molar-refractivity contribution in [2.24, 2.45) is 0 Å². The van der Waals surface area contributed by atoms with Crippen LogP contribution in [0.4, 0.5) is 33.5 Å². The van der Waals surface area contributed by atoms with Gasteiger partial charge in [0.2, 0.25) is 0 Å². The topological polar surface area (TPSA) is 309 Å². The molecule has 134 heavy (non-hydrogen) atoms. The number of hydrogen-bond acceptors (Lipinski definition) is 22. The van der Waals surface area contributed by atoms with Crippen LogP contribution in [-0.4, -0.2) is 183 Å². The van der Waals surface area contributed by atoms with Crippen LogP contribution in [0.1, 0.15) is 103 Å². The van der Waals surface area contributed by atoms with E-state index in [4.69, 9.17) is 68.1 Å². The molecule has 29 heteroatoms. The van der Waals surface area contributed by atoms with Gasteiger partial charge in [0, 0.05) is 132 Å². The summed E-state index contributed by atoms with van der Waals surface area (Å²) in [5.41, 5.74) is 28.3. The Morgan fingerprint density at radius 3 is 1.22 bits per heavy atom. The number of nitrogen functional groups attached to an aromatic ring is 3. The average Bonchev–Trinajstić information content (AvgIpc) is 1.38. The lowest BCUT2D eigenvalue weighted by molar-refractivity contribution is 0.0311. The van der Waals surface area contributed by atoms with E-state index in [1.807, 2.05) is 196 Å². The second-order valence-corrected chi connectivity index (χ2v) is 37.4. The lowest BCUT2D eigenvalue weighted by Crippen LogP contribution is -2.35. The molecule has 12 heterocycles. The number of amides is 2. The molecule has 0 bridgehead atoms. The zero-order valence-electron chi connectivity index (χ0n) is 77.8. The highest BCUT2D eigenvalue weighted by atomic mass is 79.9. The van der Waals surface area contributed by atoms with Crippen LogP contribution >= 0.6 is 47.8 Å². The van der Waals surface area contributed by atoms with Crippen LogP contribution in [0.2, 0.25) is 0 Å². The molecule has 9 N–H and O–H groups in total. The van der Waals surface area contributed by atoms with Crippen LogP contribution in [0.5, 0.6) is 0 Å². The molecule has 0 radical (unpaired) electrons. The van der Waals surface area contributed by atoms with Gasteiger partial charge in [0.05, 0.1) is 121 Å². The van der Waals surface area contributed by atoms with Gasteiger partial charge in [0.25, 0.3) is 0 Å². The van der Waals surface area contributed by atoms with E-state index in [2.05, 4.69) is 173 Å². The quantitative estimate of drug-likeness (QED) is 0.0410. The van der Waals surface area contributed by atoms with E-state index in [0.717, 1.165) is 290 Å². The molecule has 5 aliphatic rings. The molecule has 26 nitrogen and oxygen atoms in total. The fraction of sp³-hybridized carbons (Fsp3) is 0.333. The Kier molecular flexibility index (Phi) is 36.9. The van der Waals surface area contributed by atoms with Crippen molar-refractivity contribution in [2.75, 3.05) is 159 Å². The number of benzene rings is 8. The van der Waals surface area contributed by atoms with Crippen molar-refractivity contribution in [3.8, 4) is 34.0 Å². The number of ether oxygens (including phenoxy) is 5. The lowest BCUT2D eigenvalue weighted by Gasteiger charge is -2.25. The van der Waals surface area contributed by atoms with Crippen LogP contribution in [0.25, 0.3) is 66.3 Å².